The molecular weight excluding hydrogens is 280 g/mol. The zero-order chi connectivity index (χ0) is 14.9. The van der Waals surface area contributed by atoms with Crippen molar-refractivity contribution in [3.8, 4) is 0 Å². The van der Waals surface area contributed by atoms with Crippen LogP contribution >= 0.6 is 0 Å². The molecule has 4 rings (SSSR count). The minimum atomic E-state index is 0.191. The van der Waals surface area contributed by atoms with Gasteiger partial charge in [0.2, 0.25) is 11.6 Å². The van der Waals surface area contributed by atoms with E-state index in [1.165, 1.54) is 12.8 Å². The Morgan fingerprint density at radius 3 is 3.00 bits per heavy atom. The summed E-state index contributed by atoms with van der Waals surface area (Å²) >= 11 is 0. The zero-order valence-electron chi connectivity index (χ0n) is 12.5. The van der Waals surface area contributed by atoms with E-state index in [0.29, 0.717) is 17.2 Å². The molecule has 0 spiro atoms. The molecule has 3 heterocycles. The molecule has 1 saturated heterocycles. The Morgan fingerprint density at radius 1 is 1.32 bits per heavy atom. The van der Waals surface area contributed by atoms with Crippen molar-refractivity contribution in [2.75, 3.05) is 18.0 Å². The third-order valence-electron chi connectivity index (χ3n) is 4.68. The number of rotatable bonds is 3. The number of oxazole rings is 1. The van der Waals surface area contributed by atoms with E-state index in [4.69, 9.17) is 4.42 Å². The molecule has 1 aliphatic heterocycles. The highest BCUT2D eigenvalue weighted by molar-refractivity contribution is 5.79. The van der Waals surface area contributed by atoms with Gasteiger partial charge in [-0.25, -0.2) is 4.98 Å². The number of nitrogens with one attached hydrogen (secondary N) is 1. The molecule has 1 aliphatic carbocycles. The number of fused-ring (bicyclic) bond motifs is 1. The molecule has 6 heteroatoms. The molecule has 22 heavy (non-hydrogen) atoms. The number of pyridine rings is 1. The maximum Gasteiger partial charge on any atom is 0.300 e. The highest BCUT2D eigenvalue weighted by Gasteiger charge is 2.30. The van der Waals surface area contributed by atoms with Crippen LogP contribution in [0.15, 0.2) is 22.7 Å². The van der Waals surface area contributed by atoms with Crippen LogP contribution in [-0.2, 0) is 4.79 Å². The van der Waals surface area contributed by atoms with Gasteiger partial charge in [-0.05, 0) is 31.4 Å². The topological polar surface area (TPSA) is 71.3 Å². The predicted octanol–water partition coefficient (Wildman–Crippen LogP) is 2.11. The molecule has 6 nitrogen and oxygen atoms in total. The molecule has 116 valence electrons. The first-order chi connectivity index (χ1) is 10.8. The summed E-state index contributed by atoms with van der Waals surface area (Å²) in [5.41, 5.74) is 1.34. The molecule has 1 unspecified atom stereocenters. The van der Waals surface area contributed by atoms with E-state index in [2.05, 4.69) is 20.2 Å². The molecule has 0 bridgehead atoms. The number of nitrogens with zero attached hydrogens (tertiary/aromatic N) is 3. The molecule has 1 amide bonds. The van der Waals surface area contributed by atoms with Gasteiger partial charge in [-0.3, -0.25) is 4.79 Å². The van der Waals surface area contributed by atoms with Crippen LogP contribution in [0.3, 0.4) is 0 Å². The average molecular weight is 300 g/mol. The van der Waals surface area contributed by atoms with Gasteiger partial charge in [0.25, 0.3) is 6.01 Å². The normalized spacial score (nSPS) is 22.5. The molecule has 1 atom stereocenters. The zero-order valence-corrected chi connectivity index (χ0v) is 12.5. The number of hydrogen-bond donors (Lipinski definition) is 1. The van der Waals surface area contributed by atoms with Crippen molar-refractivity contribution in [2.45, 2.75) is 38.1 Å². The summed E-state index contributed by atoms with van der Waals surface area (Å²) in [6.07, 6.45) is 7.10. The first-order valence-electron chi connectivity index (χ1n) is 8.06. The monoisotopic (exact) mass is 300 g/mol. The van der Waals surface area contributed by atoms with Gasteiger partial charge in [0.1, 0.15) is 0 Å². The van der Waals surface area contributed by atoms with Gasteiger partial charge in [-0.15, -0.1) is 0 Å². The van der Waals surface area contributed by atoms with Gasteiger partial charge in [0.15, 0.2) is 5.58 Å². The standard InChI is InChI=1S/C16H20N4O2/c21-15(11-4-1-2-5-11)18-12-7-9-20(10-12)16-19-14-13(22-16)6-3-8-17-14/h3,6,8,11-12H,1-2,4-5,7,9-10H2,(H,18,21). The third kappa shape index (κ3) is 2.53. The Kier molecular flexibility index (Phi) is 3.44. The number of amides is 1. The molecule has 1 saturated carbocycles. The molecule has 0 aromatic carbocycles. The van der Waals surface area contributed by atoms with Crippen molar-refractivity contribution in [2.24, 2.45) is 5.92 Å². The number of hydrogen-bond acceptors (Lipinski definition) is 5. The number of carbonyl (C=O) groups is 1. The molecule has 2 fully saturated rings. The fourth-order valence-corrected chi connectivity index (χ4v) is 3.45. The van der Waals surface area contributed by atoms with Gasteiger partial charge in [0, 0.05) is 31.2 Å². The lowest BCUT2D eigenvalue weighted by molar-refractivity contribution is -0.125. The summed E-state index contributed by atoms with van der Waals surface area (Å²) in [7, 11) is 0. The minimum Gasteiger partial charge on any atom is -0.422 e. The summed E-state index contributed by atoms with van der Waals surface area (Å²) < 4.78 is 5.74. The molecule has 1 N–H and O–H groups in total. The van der Waals surface area contributed by atoms with Crippen LogP contribution in [0.2, 0.25) is 0 Å². The lowest BCUT2D eigenvalue weighted by Crippen LogP contribution is -2.40. The Bertz CT molecular complexity index is 645. The second-order valence-corrected chi connectivity index (χ2v) is 6.24. The number of aromatic nitrogens is 2. The van der Waals surface area contributed by atoms with Gasteiger partial charge < -0.3 is 14.6 Å². The van der Waals surface area contributed by atoms with Gasteiger partial charge in [-0.2, -0.15) is 4.98 Å². The molecule has 0 radical (unpaired) electrons. The third-order valence-corrected chi connectivity index (χ3v) is 4.68. The van der Waals surface area contributed by atoms with E-state index in [0.717, 1.165) is 32.4 Å². The van der Waals surface area contributed by atoms with Crippen LogP contribution in [0.25, 0.3) is 11.2 Å². The van der Waals surface area contributed by atoms with E-state index < -0.39 is 0 Å². The summed E-state index contributed by atoms with van der Waals surface area (Å²) in [5, 5.41) is 3.19. The highest BCUT2D eigenvalue weighted by atomic mass is 16.4. The molecule has 2 aromatic rings. The van der Waals surface area contributed by atoms with Crippen LogP contribution in [0.1, 0.15) is 32.1 Å². The largest absolute Gasteiger partial charge is 0.422 e. The van der Waals surface area contributed by atoms with Crippen LogP contribution < -0.4 is 10.2 Å². The lowest BCUT2D eigenvalue weighted by atomic mass is 10.1. The smallest absolute Gasteiger partial charge is 0.300 e. The SMILES string of the molecule is O=C(NC1CCN(c2nc3ncccc3o2)C1)C1CCCC1. The summed E-state index contributed by atoms with van der Waals surface area (Å²) in [6.45, 7) is 1.60. The van der Waals surface area contributed by atoms with Crippen molar-refractivity contribution >= 4 is 23.2 Å². The first-order valence-corrected chi connectivity index (χ1v) is 8.06. The maximum atomic E-state index is 12.2. The quantitative estimate of drug-likeness (QED) is 0.940. The van der Waals surface area contributed by atoms with Crippen molar-refractivity contribution in [1.82, 2.24) is 15.3 Å². The summed E-state index contributed by atoms with van der Waals surface area (Å²) in [4.78, 5) is 22.9. The maximum absolute atomic E-state index is 12.2. The second kappa shape index (κ2) is 5.59. The van der Waals surface area contributed by atoms with Crippen molar-refractivity contribution in [1.29, 1.82) is 0 Å². The van der Waals surface area contributed by atoms with Gasteiger partial charge in [0.05, 0.1) is 0 Å². The molecule has 2 aliphatic rings. The first kappa shape index (κ1) is 13.5. The van der Waals surface area contributed by atoms with Gasteiger partial charge in [-0.1, -0.05) is 12.8 Å². The van der Waals surface area contributed by atoms with Crippen LogP contribution in [0.5, 0.6) is 0 Å². The van der Waals surface area contributed by atoms with Gasteiger partial charge >= 0.3 is 0 Å². The molecule has 2 aromatic heterocycles. The van der Waals surface area contributed by atoms with Crippen LogP contribution in [0, 0.1) is 5.92 Å². The fraction of sp³-hybridized carbons (Fsp3) is 0.562. The van der Waals surface area contributed by atoms with E-state index in [9.17, 15) is 4.79 Å². The van der Waals surface area contributed by atoms with E-state index in [1.54, 1.807) is 6.20 Å². The minimum absolute atomic E-state index is 0.191. The fourth-order valence-electron chi connectivity index (χ4n) is 3.45. The predicted molar refractivity (Wildman–Crippen MR) is 82.5 cm³/mol. The number of anilines is 1. The lowest BCUT2D eigenvalue weighted by Gasteiger charge is -2.17. The summed E-state index contributed by atoms with van der Waals surface area (Å²) in [6, 6.07) is 4.50. The Balaban J connectivity index is 1.40. The van der Waals surface area contributed by atoms with Crippen molar-refractivity contribution in [3.05, 3.63) is 18.3 Å². The number of carbonyl (C=O) groups excluding carboxylic acids is 1. The van der Waals surface area contributed by atoms with E-state index >= 15 is 0 Å². The van der Waals surface area contributed by atoms with Crippen molar-refractivity contribution < 1.29 is 9.21 Å². The Hall–Kier alpha value is -2.11. The Labute approximate surface area is 128 Å². The Morgan fingerprint density at radius 2 is 2.18 bits per heavy atom. The van der Waals surface area contributed by atoms with Crippen LogP contribution in [-0.4, -0.2) is 35.0 Å². The molecular formula is C16H20N4O2. The van der Waals surface area contributed by atoms with E-state index in [1.807, 2.05) is 12.1 Å². The second-order valence-electron chi connectivity index (χ2n) is 6.24. The average Bonchev–Trinajstić information content (AvgIpc) is 3.26. The van der Waals surface area contributed by atoms with E-state index in [-0.39, 0.29) is 17.9 Å². The van der Waals surface area contributed by atoms with Crippen LogP contribution in [0.4, 0.5) is 6.01 Å². The highest BCUT2D eigenvalue weighted by Crippen LogP contribution is 2.26. The van der Waals surface area contributed by atoms with Crippen molar-refractivity contribution in [3.63, 3.8) is 0 Å². The summed E-state index contributed by atoms with van der Waals surface area (Å²) in [5.74, 6) is 0.450.